The van der Waals surface area contributed by atoms with Crippen LogP contribution in [0.25, 0.3) is 0 Å². The summed E-state index contributed by atoms with van der Waals surface area (Å²) in [7, 11) is 0. The van der Waals surface area contributed by atoms with Crippen molar-refractivity contribution in [2.24, 2.45) is 0 Å². The second-order valence-corrected chi connectivity index (χ2v) is 6.65. The molecule has 0 aromatic heterocycles. The summed E-state index contributed by atoms with van der Waals surface area (Å²) in [6.07, 6.45) is 0.681. The zero-order valence-corrected chi connectivity index (χ0v) is 13.6. The van der Waals surface area contributed by atoms with Gasteiger partial charge < -0.3 is 9.64 Å². The van der Waals surface area contributed by atoms with E-state index in [0.717, 1.165) is 38.5 Å². The van der Waals surface area contributed by atoms with Crippen molar-refractivity contribution < 1.29 is 9.53 Å². The van der Waals surface area contributed by atoms with E-state index in [1.54, 1.807) is 0 Å². The Balaban J connectivity index is 1.72. The molecule has 0 amide bonds. The number of Topliss-reactive ketones (excluding diaryl/α,β-unsaturated/α-hetero) is 1. The van der Waals surface area contributed by atoms with Crippen LogP contribution in [0.5, 0.6) is 0 Å². The summed E-state index contributed by atoms with van der Waals surface area (Å²) in [6, 6.07) is 8.74. The van der Waals surface area contributed by atoms with Gasteiger partial charge in [-0.1, -0.05) is 0 Å². The van der Waals surface area contributed by atoms with Crippen LogP contribution in [0.15, 0.2) is 24.3 Å². The van der Waals surface area contributed by atoms with Crippen LogP contribution in [0.1, 0.15) is 6.42 Å². The summed E-state index contributed by atoms with van der Waals surface area (Å²) in [5.41, 5.74) is 1.15. The molecule has 0 spiro atoms. The Labute approximate surface area is 133 Å². The molecule has 5 heteroatoms. The first-order valence-electron chi connectivity index (χ1n) is 7.06. The number of benzene rings is 1. The maximum absolute atomic E-state index is 12.1. The number of carbonyl (C=O) groups excluding carboxylic acids is 1. The summed E-state index contributed by atoms with van der Waals surface area (Å²) in [6.45, 7) is 4.94. The van der Waals surface area contributed by atoms with Crippen LogP contribution in [0.4, 0.5) is 5.69 Å². The van der Waals surface area contributed by atoms with E-state index in [1.165, 1.54) is 3.57 Å². The van der Waals surface area contributed by atoms with Gasteiger partial charge in [0.25, 0.3) is 0 Å². The molecule has 0 saturated carbocycles. The molecule has 0 aliphatic carbocycles. The average molecular weight is 386 g/mol. The fourth-order valence-electron chi connectivity index (χ4n) is 2.96. The number of morpholine rings is 1. The molecule has 1 unspecified atom stereocenters. The van der Waals surface area contributed by atoms with Gasteiger partial charge in [0.2, 0.25) is 0 Å². The van der Waals surface area contributed by atoms with Crippen molar-refractivity contribution in [2.75, 3.05) is 44.3 Å². The second-order valence-electron chi connectivity index (χ2n) is 5.40. The molecule has 2 fully saturated rings. The van der Waals surface area contributed by atoms with Crippen LogP contribution < -0.4 is 4.90 Å². The number of anilines is 1. The van der Waals surface area contributed by atoms with Gasteiger partial charge in [0, 0.05) is 41.4 Å². The third kappa shape index (κ3) is 3.32. The van der Waals surface area contributed by atoms with E-state index in [1.807, 2.05) is 0 Å². The number of nitrogens with zero attached hydrogens (tertiary/aromatic N) is 2. The summed E-state index contributed by atoms with van der Waals surface area (Å²) in [4.78, 5) is 16.7. The monoisotopic (exact) mass is 386 g/mol. The highest BCUT2D eigenvalue weighted by atomic mass is 127. The summed E-state index contributed by atoms with van der Waals surface area (Å²) in [5, 5.41) is 0. The maximum atomic E-state index is 12.1. The summed E-state index contributed by atoms with van der Waals surface area (Å²) >= 11 is 2.30. The standard InChI is InChI=1S/C15H19IN2O2/c16-12-1-3-13(4-2-12)18-10-14(9-15(19)11-18)17-5-7-20-8-6-17/h1-4,14H,5-11H2. The Bertz CT molecular complexity index is 471. The van der Waals surface area contributed by atoms with Crippen LogP contribution in [0.2, 0.25) is 0 Å². The largest absolute Gasteiger partial charge is 0.379 e. The van der Waals surface area contributed by atoms with E-state index in [4.69, 9.17) is 4.74 Å². The predicted molar refractivity (Wildman–Crippen MR) is 87.2 cm³/mol. The third-order valence-electron chi connectivity index (χ3n) is 4.02. The minimum atomic E-state index is 0.333. The highest BCUT2D eigenvalue weighted by Gasteiger charge is 2.30. The molecular formula is C15H19IN2O2. The van der Waals surface area contributed by atoms with Gasteiger partial charge in [0.1, 0.15) is 0 Å². The number of rotatable bonds is 2. The van der Waals surface area contributed by atoms with Gasteiger partial charge in [-0.05, 0) is 46.9 Å². The first-order chi connectivity index (χ1) is 9.72. The highest BCUT2D eigenvalue weighted by Crippen LogP contribution is 2.22. The van der Waals surface area contributed by atoms with Gasteiger partial charge in [0.05, 0.1) is 19.8 Å². The maximum Gasteiger partial charge on any atom is 0.153 e. The lowest BCUT2D eigenvalue weighted by atomic mass is 10.0. The smallest absolute Gasteiger partial charge is 0.153 e. The number of ether oxygens (including phenoxy) is 1. The van der Waals surface area contributed by atoms with Crippen LogP contribution in [0, 0.1) is 3.57 Å². The predicted octanol–water partition coefficient (Wildman–Crippen LogP) is 1.77. The second kappa shape index (κ2) is 6.41. The number of halogens is 1. The van der Waals surface area contributed by atoms with Crippen molar-refractivity contribution in [1.82, 2.24) is 4.90 Å². The van der Waals surface area contributed by atoms with Crippen LogP contribution in [0.3, 0.4) is 0 Å². The van der Waals surface area contributed by atoms with Gasteiger partial charge in [-0.2, -0.15) is 0 Å². The molecule has 2 heterocycles. The molecule has 0 bridgehead atoms. The fourth-order valence-corrected chi connectivity index (χ4v) is 3.32. The first-order valence-corrected chi connectivity index (χ1v) is 8.14. The average Bonchev–Trinajstić information content (AvgIpc) is 2.48. The third-order valence-corrected chi connectivity index (χ3v) is 4.73. The van der Waals surface area contributed by atoms with E-state index in [-0.39, 0.29) is 0 Å². The number of ketones is 1. The van der Waals surface area contributed by atoms with Crippen molar-refractivity contribution >= 4 is 34.1 Å². The minimum Gasteiger partial charge on any atom is -0.379 e. The zero-order chi connectivity index (χ0) is 13.9. The zero-order valence-electron chi connectivity index (χ0n) is 11.4. The van der Waals surface area contributed by atoms with Crippen molar-refractivity contribution in [1.29, 1.82) is 0 Å². The fraction of sp³-hybridized carbons (Fsp3) is 0.533. The van der Waals surface area contributed by atoms with Crippen LogP contribution >= 0.6 is 22.6 Å². The number of piperidine rings is 1. The van der Waals surface area contributed by atoms with E-state index in [9.17, 15) is 4.79 Å². The molecule has 4 nitrogen and oxygen atoms in total. The van der Waals surface area contributed by atoms with E-state index < -0.39 is 0 Å². The molecule has 3 rings (SSSR count). The van der Waals surface area contributed by atoms with Gasteiger partial charge in [-0.25, -0.2) is 0 Å². The van der Waals surface area contributed by atoms with Crippen LogP contribution in [-0.4, -0.2) is 56.1 Å². The molecular weight excluding hydrogens is 367 g/mol. The SMILES string of the molecule is O=C1CC(N2CCOCC2)CN(c2ccc(I)cc2)C1. The van der Waals surface area contributed by atoms with Crippen molar-refractivity contribution in [2.45, 2.75) is 12.5 Å². The van der Waals surface area contributed by atoms with Gasteiger partial charge in [-0.15, -0.1) is 0 Å². The van der Waals surface area contributed by atoms with E-state index in [0.29, 0.717) is 24.8 Å². The lowest BCUT2D eigenvalue weighted by molar-refractivity contribution is -0.120. The van der Waals surface area contributed by atoms with Gasteiger partial charge >= 0.3 is 0 Å². The van der Waals surface area contributed by atoms with Crippen LogP contribution in [-0.2, 0) is 9.53 Å². The topological polar surface area (TPSA) is 32.8 Å². The van der Waals surface area contributed by atoms with Crippen molar-refractivity contribution in [3.8, 4) is 0 Å². The Hall–Kier alpha value is -0.660. The Morgan fingerprint density at radius 2 is 1.85 bits per heavy atom. The molecule has 108 valence electrons. The Morgan fingerprint density at radius 1 is 1.15 bits per heavy atom. The molecule has 2 aliphatic heterocycles. The normalized spacial score (nSPS) is 24.9. The molecule has 1 aromatic carbocycles. The molecule has 20 heavy (non-hydrogen) atoms. The molecule has 2 aliphatic rings. The van der Waals surface area contributed by atoms with Crippen molar-refractivity contribution in [3.63, 3.8) is 0 Å². The van der Waals surface area contributed by atoms with Crippen molar-refractivity contribution in [3.05, 3.63) is 27.8 Å². The van der Waals surface area contributed by atoms with E-state index in [2.05, 4.69) is 56.7 Å². The quantitative estimate of drug-likeness (QED) is 0.726. The van der Waals surface area contributed by atoms with Gasteiger partial charge in [-0.3, -0.25) is 9.69 Å². The van der Waals surface area contributed by atoms with Gasteiger partial charge in [0.15, 0.2) is 5.78 Å². The molecule has 0 radical (unpaired) electrons. The Morgan fingerprint density at radius 3 is 2.55 bits per heavy atom. The number of carbonyl (C=O) groups is 1. The highest BCUT2D eigenvalue weighted by molar-refractivity contribution is 14.1. The minimum absolute atomic E-state index is 0.333. The number of hydrogen-bond acceptors (Lipinski definition) is 4. The van der Waals surface area contributed by atoms with E-state index >= 15 is 0 Å². The lowest BCUT2D eigenvalue weighted by Crippen LogP contribution is -2.54. The first kappa shape index (κ1) is 14.3. The summed E-state index contributed by atoms with van der Waals surface area (Å²) < 4.78 is 6.62. The molecule has 0 N–H and O–H groups in total. The molecule has 1 atom stereocenters. The molecule has 2 saturated heterocycles. The molecule has 1 aromatic rings. The number of hydrogen-bond donors (Lipinski definition) is 0. The summed E-state index contributed by atoms with van der Waals surface area (Å²) in [5.74, 6) is 0.339. The lowest BCUT2D eigenvalue weighted by Gasteiger charge is -2.41. The Kier molecular flexibility index (Phi) is 4.58.